The summed E-state index contributed by atoms with van der Waals surface area (Å²) in [6, 6.07) is 3.04. The number of aryl methyl sites for hydroxylation is 3. The molecule has 0 fully saturated rings. The molecule has 3 rings (SSSR count). The normalized spacial score (nSPS) is 11.0. The van der Waals surface area contributed by atoms with Crippen LogP contribution in [0.5, 0.6) is 0 Å². The van der Waals surface area contributed by atoms with E-state index in [1.165, 1.54) is 22.9 Å². The zero-order chi connectivity index (χ0) is 25.0. The van der Waals surface area contributed by atoms with Crippen molar-refractivity contribution in [2.24, 2.45) is 32.0 Å². The molecule has 0 radical (unpaired) electrons. The molecule has 0 atom stereocenters. The number of rotatable bonds is 8. The number of nitrogens with two attached hydrogens (primary N) is 2. The summed E-state index contributed by atoms with van der Waals surface area (Å²) in [6.07, 6.45) is 4.89. The quantitative estimate of drug-likeness (QED) is 0.110. The fourth-order valence-corrected chi connectivity index (χ4v) is 3.24. The summed E-state index contributed by atoms with van der Waals surface area (Å²) in [6.45, 7) is 0.185. The van der Waals surface area contributed by atoms with Gasteiger partial charge in [0.2, 0.25) is 5.82 Å². The SMILES string of the molecule is Cl.Cn1cc(NC(=O)c2cc(NC(=O)c3nc(N)cn3C)cn2C)cc1C(=O)NCCC(N)=NO. The van der Waals surface area contributed by atoms with Crippen LogP contribution in [0, 0.1) is 0 Å². The maximum Gasteiger partial charge on any atom is 0.291 e. The Kier molecular flexibility index (Phi) is 8.50. The number of nitrogens with zero attached hydrogens (tertiary/aromatic N) is 5. The first kappa shape index (κ1) is 26.8. The van der Waals surface area contributed by atoms with E-state index < -0.39 is 11.8 Å². The molecule has 0 aliphatic carbocycles. The van der Waals surface area contributed by atoms with E-state index in [4.69, 9.17) is 16.7 Å². The van der Waals surface area contributed by atoms with Gasteiger partial charge in [-0.25, -0.2) is 4.98 Å². The van der Waals surface area contributed by atoms with Crippen molar-refractivity contribution in [1.29, 1.82) is 0 Å². The fourth-order valence-electron chi connectivity index (χ4n) is 3.24. The second kappa shape index (κ2) is 11.1. The van der Waals surface area contributed by atoms with Crippen LogP contribution in [0.15, 0.2) is 35.9 Å². The lowest BCUT2D eigenvalue weighted by molar-refractivity contribution is 0.0944. The van der Waals surface area contributed by atoms with Crippen molar-refractivity contribution in [3.8, 4) is 0 Å². The highest BCUT2D eigenvalue weighted by Gasteiger charge is 2.18. The van der Waals surface area contributed by atoms with Gasteiger partial charge in [0.15, 0.2) is 0 Å². The number of aromatic nitrogens is 4. The van der Waals surface area contributed by atoms with Gasteiger partial charge in [0.05, 0.1) is 11.4 Å². The number of oxime groups is 1. The van der Waals surface area contributed by atoms with Crippen LogP contribution < -0.4 is 27.4 Å². The number of hydrogen-bond acceptors (Lipinski definition) is 7. The Balaban J connectivity index is 0.00000432. The first-order valence-corrected chi connectivity index (χ1v) is 10.1. The molecule has 0 saturated heterocycles. The van der Waals surface area contributed by atoms with Crippen molar-refractivity contribution in [2.45, 2.75) is 6.42 Å². The first-order chi connectivity index (χ1) is 16.1. The Morgan fingerprint density at radius 2 is 1.49 bits per heavy atom. The number of hydrogen-bond donors (Lipinski definition) is 6. The number of carbonyl (C=O) groups excluding carboxylic acids is 3. The van der Waals surface area contributed by atoms with Gasteiger partial charge in [-0.2, -0.15) is 0 Å². The van der Waals surface area contributed by atoms with Crippen molar-refractivity contribution < 1.29 is 19.6 Å². The van der Waals surface area contributed by atoms with Crippen molar-refractivity contribution in [2.75, 3.05) is 22.9 Å². The number of anilines is 3. The van der Waals surface area contributed by atoms with E-state index >= 15 is 0 Å². The maximum atomic E-state index is 12.8. The number of nitrogens with one attached hydrogen (secondary N) is 3. The van der Waals surface area contributed by atoms with Gasteiger partial charge in [0, 0.05) is 52.7 Å². The third-order valence-corrected chi connectivity index (χ3v) is 4.88. The summed E-state index contributed by atoms with van der Waals surface area (Å²) in [5.74, 6) is -0.931. The molecule has 188 valence electrons. The molecule has 0 aliphatic heterocycles. The zero-order valence-electron chi connectivity index (χ0n) is 19.3. The standard InChI is InChI=1S/C20H26N10O4.ClH/c1-28-8-11(6-13(28)18(31)23-5-4-15(21)27-34)24-19(32)14-7-12(9-29(14)2)25-20(33)17-26-16(22)10-30(17)3;/h6-10,34H,4-5,22H2,1-3H3,(H2,21,27)(H,23,31)(H,24,32)(H,25,33);1H. The highest BCUT2D eigenvalue weighted by Crippen LogP contribution is 2.18. The smallest absolute Gasteiger partial charge is 0.291 e. The lowest BCUT2D eigenvalue weighted by atomic mass is 10.3. The Morgan fingerprint density at radius 1 is 0.943 bits per heavy atom. The fraction of sp³-hybridized carbons (Fsp3) is 0.250. The molecule has 0 aromatic carbocycles. The van der Waals surface area contributed by atoms with Gasteiger partial charge in [0.1, 0.15) is 23.0 Å². The Labute approximate surface area is 206 Å². The lowest BCUT2D eigenvalue weighted by Crippen LogP contribution is -2.29. The summed E-state index contributed by atoms with van der Waals surface area (Å²) in [5.41, 5.74) is 12.4. The van der Waals surface area contributed by atoms with Gasteiger partial charge in [-0.1, -0.05) is 5.16 Å². The second-order valence-corrected chi connectivity index (χ2v) is 7.56. The number of amidine groups is 1. The molecule has 0 saturated carbocycles. The molecule has 15 heteroatoms. The molecule has 3 heterocycles. The van der Waals surface area contributed by atoms with Crippen molar-refractivity contribution in [1.82, 2.24) is 24.0 Å². The minimum atomic E-state index is -0.470. The molecule has 0 spiro atoms. The maximum absolute atomic E-state index is 12.8. The molecule has 0 aliphatic rings. The van der Waals surface area contributed by atoms with E-state index in [9.17, 15) is 14.4 Å². The average Bonchev–Trinajstić information content (AvgIpc) is 3.43. The van der Waals surface area contributed by atoms with Crippen LogP contribution in [0.4, 0.5) is 17.2 Å². The van der Waals surface area contributed by atoms with Gasteiger partial charge in [-0.3, -0.25) is 14.4 Å². The molecular weight excluding hydrogens is 480 g/mol. The molecule has 35 heavy (non-hydrogen) atoms. The lowest BCUT2D eigenvalue weighted by Gasteiger charge is -2.04. The van der Waals surface area contributed by atoms with Crippen LogP contribution in [-0.2, 0) is 21.1 Å². The summed E-state index contributed by atoms with van der Waals surface area (Å²) < 4.78 is 4.62. The largest absolute Gasteiger partial charge is 0.409 e. The van der Waals surface area contributed by atoms with Gasteiger partial charge in [0.25, 0.3) is 17.7 Å². The molecule has 3 aromatic heterocycles. The summed E-state index contributed by atoms with van der Waals surface area (Å²) in [5, 5.41) is 19.5. The third-order valence-electron chi connectivity index (χ3n) is 4.88. The number of amides is 3. The minimum absolute atomic E-state index is 0. The molecule has 3 aromatic rings. The summed E-state index contributed by atoms with van der Waals surface area (Å²) >= 11 is 0. The molecule has 3 amide bonds. The van der Waals surface area contributed by atoms with E-state index in [0.717, 1.165) is 0 Å². The molecule has 14 nitrogen and oxygen atoms in total. The third kappa shape index (κ3) is 6.32. The first-order valence-electron chi connectivity index (χ1n) is 10.1. The number of imidazole rings is 1. The van der Waals surface area contributed by atoms with Gasteiger partial charge >= 0.3 is 0 Å². The summed E-state index contributed by atoms with van der Waals surface area (Å²) in [4.78, 5) is 41.6. The Bertz CT molecular complexity index is 1270. The topological polar surface area (TPSA) is 200 Å². The molecule has 8 N–H and O–H groups in total. The number of nitrogen functional groups attached to an aromatic ring is 1. The zero-order valence-corrected chi connectivity index (χ0v) is 20.1. The van der Waals surface area contributed by atoms with Crippen molar-refractivity contribution >= 4 is 53.2 Å². The van der Waals surface area contributed by atoms with E-state index in [1.54, 1.807) is 42.7 Å². The van der Waals surface area contributed by atoms with Crippen LogP contribution in [0.1, 0.15) is 38.0 Å². The second-order valence-electron chi connectivity index (χ2n) is 7.56. The van der Waals surface area contributed by atoms with E-state index in [1.807, 2.05) is 0 Å². The summed E-state index contributed by atoms with van der Waals surface area (Å²) in [7, 11) is 4.97. The highest BCUT2D eigenvalue weighted by atomic mass is 35.5. The number of halogens is 1. The van der Waals surface area contributed by atoms with Crippen LogP contribution in [0.25, 0.3) is 0 Å². The Morgan fingerprint density at radius 3 is 2.00 bits per heavy atom. The van der Waals surface area contributed by atoms with Crippen molar-refractivity contribution in [3.63, 3.8) is 0 Å². The van der Waals surface area contributed by atoms with Crippen LogP contribution in [0.3, 0.4) is 0 Å². The monoisotopic (exact) mass is 506 g/mol. The van der Waals surface area contributed by atoms with Crippen LogP contribution in [-0.4, -0.2) is 54.0 Å². The molecule has 0 bridgehead atoms. The van der Waals surface area contributed by atoms with Gasteiger partial charge in [-0.15, -0.1) is 12.4 Å². The minimum Gasteiger partial charge on any atom is -0.409 e. The number of carbonyl (C=O) groups is 3. The van der Waals surface area contributed by atoms with Gasteiger partial charge < -0.3 is 46.3 Å². The predicted octanol–water partition coefficient (Wildman–Crippen LogP) is 0.472. The van der Waals surface area contributed by atoms with Crippen LogP contribution >= 0.6 is 12.4 Å². The van der Waals surface area contributed by atoms with Crippen molar-refractivity contribution in [3.05, 3.63) is 47.9 Å². The molecule has 0 unspecified atom stereocenters. The van der Waals surface area contributed by atoms with Gasteiger partial charge in [-0.05, 0) is 12.1 Å². The highest BCUT2D eigenvalue weighted by molar-refractivity contribution is 6.06. The van der Waals surface area contributed by atoms with E-state index in [0.29, 0.717) is 17.1 Å². The predicted molar refractivity (Wildman–Crippen MR) is 132 cm³/mol. The van der Waals surface area contributed by atoms with E-state index in [-0.39, 0.29) is 54.5 Å². The van der Waals surface area contributed by atoms with Crippen LogP contribution in [0.2, 0.25) is 0 Å². The average molecular weight is 507 g/mol. The Hall–Kier alpha value is -4.46. The molecular formula is C20H27ClN10O4. The van der Waals surface area contributed by atoms with E-state index in [2.05, 4.69) is 26.1 Å².